The second-order valence-electron chi connectivity index (χ2n) is 5.06. The first-order valence-corrected chi connectivity index (χ1v) is 7.47. The first kappa shape index (κ1) is 18.9. The van der Waals surface area contributed by atoms with Gasteiger partial charge in [-0.1, -0.05) is 0 Å². The average molecular weight is 323 g/mol. The lowest BCUT2D eigenvalue weighted by atomic mass is 10.1. The third-order valence-corrected chi connectivity index (χ3v) is 2.98. The molecule has 2 N–H and O–H groups in total. The minimum atomic E-state index is -0.212. The van der Waals surface area contributed by atoms with Crippen molar-refractivity contribution in [1.82, 2.24) is 10.2 Å². The molecular weight excluding hydrogens is 298 g/mol. The van der Waals surface area contributed by atoms with Crippen LogP contribution < -0.4 is 15.4 Å². The van der Waals surface area contributed by atoms with Crippen molar-refractivity contribution in [3.63, 3.8) is 0 Å². The third kappa shape index (κ3) is 6.25. The third-order valence-electron chi connectivity index (χ3n) is 2.98. The fourth-order valence-corrected chi connectivity index (χ4v) is 1.87. The summed E-state index contributed by atoms with van der Waals surface area (Å²) in [5.41, 5.74) is 0.971. The van der Waals surface area contributed by atoms with Gasteiger partial charge in [0.15, 0.2) is 0 Å². The summed E-state index contributed by atoms with van der Waals surface area (Å²) in [6.45, 7) is 3.60. The highest BCUT2D eigenvalue weighted by Gasteiger charge is 2.13. The SMILES string of the molecule is CCOc1ccc(C(=O)N(C)C)cc1NC(=O)CNCCOC. The van der Waals surface area contributed by atoms with Gasteiger partial charge in [-0.2, -0.15) is 0 Å². The standard InChI is InChI=1S/C16H25N3O4/c1-5-23-14-7-6-12(16(21)19(2)3)10-13(14)18-15(20)11-17-8-9-22-4/h6-7,10,17H,5,8-9,11H2,1-4H3,(H,18,20). The molecule has 0 radical (unpaired) electrons. The van der Waals surface area contributed by atoms with Gasteiger partial charge < -0.3 is 25.0 Å². The second-order valence-corrected chi connectivity index (χ2v) is 5.06. The highest BCUT2D eigenvalue weighted by molar-refractivity contribution is 5.98. The normalized spacial score (nSPS) is 10.3. The Hall–Kier alpha value is -2.12. The van der Waals surface area contributed by atoms with E-state index in [2.05, 4.69) is 10.6 Å². The fourth-order valence-electron chi connectivity index (χ4n) is 1.87. The number of anilines is 1. The molecule has 0 heterocycles. The Kier molecular flexibility index (Phi) is 8.07. The van der Waals surface area contributed by atoms with E-state index >= 15 is 0 Å². The van der Waals surface area contributed by atoms with Gasteiger partial charge in [0.05, 0.1) is 25.4 Å². The summed E-state index contributed by atoms with van der Waals surface area (Å²) >= 11 is 0. The summed E-state index contributed by atoms with van der Waals surface area (Å²) in [7, 11) is 4.96. The quantitative estimate of drug-likeness (QED) is 0.662. The molecule has 0 bridgehead atoms. The number of hydrogen-bond donors (Lipinski definition) is 2. The highest BCUT2D eigenvalue weighted by atomic mass is 16.5. The zero-order valence-electron chi connectivity index (χ0n) is 14.1. The van der Waals surface area contributed by atoms with Crippen molar-refractivity contribution in [3.05, 3.63) is 23.8 Å². The summed E-state index contributed by atoms with van der Waals surface area (Å²) in [5.74, 6) is 0.186. The van der Waals surface area contributed by atoms with E-state index in [1.54, 1.807) is 39.4 Å². The van der Waals surface area contributed by atoms with Crippen LogP contribution in [0, 0.1) is 0 Å². The maximum Gasteiger partial charge on any atom is 0.253 e. The monoisotopic (exact) mass is 323 g/mol. The number of ether oxygens (including phenoxy) is 2. The number of methoxy groups -OCH3 is 1. The lowest BCUT2D eigenvalue weighted by Crippen LogP contribution is -2.30. The van der Waals surface area contributed by atoms with E-state index in [0.29, 0.717) is 36.8 Å². The number of rotatable bonds is 9. The number of nitrogens with zero attached hydrogens (tertiary/aromatic N) is 1. The topological polar surface area (TPSA) is 79.9 Å². The zero-order chi connectivity index (χ0) is 17.2. The van der Waals surface area contributed by atoms with Crippen molar-refractivity contribution >= 4 is 17.5 Å². The van der Waals surface area contributed by atoms with Crippen molar-refractivity contribution in [3.8, 4) is 5.75 Å². The Balaban J connectivity index is 2.82. The number of amides is 2. The van der Waals surface area contributed by atoms with E-state index in [4.69, 9.17) is 9.47 Å². The predicted molar refractivity (Wildman–Crippen MR) is 89.0 cm³/mol. The van der Waals surface area contributed by atoms with Crippen molar-refractivity contribution in [2.45, 2.75) is 6.92 Å². The van der Waals surface area contributed by atoms with Gasteiger partial charge in [0.2, 0.25) is 5.91 Å². The van der Waals surface area contributed by atoms with E-state index in [0.717, 1.165) is 0 Å². The number of nitrogens with one attached hydrogen (secondary N) is 2. The largest absolute Gasteiger partial charge is 0.492 e. The number of carbonyl (C=O) groups excluding carboxylic acids is 2. The number of carbonyl (C=O) groups is 2. The molecule has 0 saturated heterocycles. The van der Waals surface area contributed by atoms with E-state index in [9.17, 15) is 9.59 Å². The minimum absolute atomic E-state index is 0.137. The van der Waals surface area contributed by atoms with Gasteiger partial charge in [-0.25, -0.2) is 0 Å². The molecule has 0 aromatic heterocycles. The zero-order valence-corrected chi connectivity index (χ0v) is 14.1. The molecule has 0 atom stereocenters. The summed E-state index contributed by atoms with van der Waals surface area (Å²) < 4.78 is 10.4. The number of benzene rings is 1. The Morgan fingerprint density at radius 1 is 1.26 bits per heavy atom. The molecule has 0 fully saturated rings. The molecule has 0 aliphatic carbocycles. The lowest BCUT2D eigenvalue weighted by Gasteiger charge is -2.15. The van der Waals surface area contributed by atoms with Gasteiger partial charge in [0.25, 0.3) is 5.91 Å². The molecule has 1 aromatic carbocycles. The van der Waals surface area contributed by atoms with E-state index in [1.165, 1.54) is 4.90 Å². The molecule has 1 rings (SSSR count). The van der Waals surface area contributed by atoms with Crippen LogP contribution in [0.4, 0.5) is 5.69 Å². The van der Waals surface area contributed by atoms with Crippen LogP contribution in [0.3, 0.4) is 0 Å². The van der Waals surface area contributed by atoms with E-state index in [1.807, 2.05) is 6.92 Å². The van der Waals surface area contributed by atoms with Gasteiger partial charge in [0.1, 0.15) is 5.75 Å². The van der Waals surface area contributed by atoms with Gasteiger partial charge in [-0.3, -0.25) is 9.59 Å². The smallest absolute Gasteiger partial charge is 0.253 e. The molecule has 7 heteroatoms. The van der Waals surface area contributed by atoms with E-state index in [-0.39, 0.29) is 18.4 Å². The van der Waals surface area contributed by atoms with E-state index < -0.39 is 0 Å². The molecule has 1 aromatic rings. The Morgan fingerprint density at radius 2 is 2.00 bits per heavy atom. The Labute approximate surface area is 136 Å². The summed E-state index contributed by atoms with van der Waals surface area (Å²) in [6, 6.07) is 4.99. The van der Waals surface area contributed by atoms with Crippen molar-refractivity contribution in [2.75, 3.05) is 52.8 Å². The maximum absolute atomic E-state index is 12.0. The predicted octanol–water partition coefficient (Wildman–Crippen LogP) is 0.962. The first-order chi connectivity index (χ1) is 11.0. The highest BCUT2D eigenvalue weighted by Crippen LogP contribution is 2.26. The summed E-state index contributed by atoms with van der Waals surface area (Å²) in [4.78, 5) is 25.5. The Bertz CT molecular complexity index is 532. The Morgan fingerprint density at radius 3 is 2.61 bits per heavy atom. The summed E-state index contributed by atoms with van der Waals surface area (Å²) in [6.07, 6.45) is 0. The molecule has 23 heavy (non-hydrogen) atoms. The molecule has 2 amide bonds. The fraction of sp³-hybridized carbons (Fsp3) is 0.500. The van der Waals surface area contributed by atoms with Gasteiger partial charge in [-0.05, 0) is 25.1 Å². The average Bonchev–Trinajstić information content (AvgIpc) is 2.52. The molecule has 0 unspecified atom stereocenters. The molecule has 0 aliphatic rings. The second kappa shape index (κ2) is 9.81. The molecule has 0 saturated carbocycles. The van der Waals surface area contributed by atoms with Gasteiger partial charge in [0, 0.05) is 33.3 Å². The molecular formula is C16H25N3O4. The number of hydrogen-bond acceptors (Lipinski definition) is 5. The molecule has 128 valence electrons. The molecule has 0 spiro atoms. The summed E-state index contributed by atoms with van der Waals surface area (Å²) in [5, 5.41) is 5.73. The van der Waals surface area contributed by atoms with Gasteiger partial charge >= 0.3 is 0 Å². The molecule has 0 aliphatic heterocycles. The van der Waals surface area contributed by atoms with Crippen LogP contribution in [-0.4, -0.2) is 64.2 Å². The minimum Gasteiger partial charge on any atom is -0.492 e. The van der Waals surface area contributed by atoms with Crippen LogP contribution in [0.1, 0.15) is 17.3 Å². The first-order valence-electron chi connectivity index (χ1n) is 7.47. The van der Waals surface area contributed by atoms with Crippen LogP contribution >= 0.6 is 0 Å². The van der Waals surface area contributed by atoms with Crippen LogP contribution in [-0.2, 0) is 9.53 Å². The van der Waals surface area contributed by atoms with Crippen molar-refractivity contribution in [1.29, 1.82) is 0 Å². The van der Waals surface area contributed by atoms with Gasteiger partial charge in [-0.15, -0.1) is 0 Å². The molecule has 7 nitrogen and oxygen atoms in total. The van der Waals surface area contributed by atoms with Crippen LogP contribution in [0.25, 0.3) is 0 Å². The van der Waals surface area contributed by atoms with Crippen molar-refractivity contribution in [2.24, 2.45) is 0 Å². The lowest BCUT2D eigenvalue weighted by molar-refractivity contribution is -0.115. The van der Waals surface area contributed by atoms with Crippen molar-refractivity contribution < 1.29 is 19.1 Å². The van der Waals surface area contributed by atoms with Crippen LogP contribution in [0.5, 0.6) is 5.75 Å². The van der Waals surface area contributed by atoms with Crippen LogP contribution in [0.2, 0.25) is 0 Å². The maximum atomic E-state index is 12.0. The van der Waals surface area contributed by atoms with Crippen LogP contribution in [0.15, 0.2) is 18.2 Å².